The summed E-state index contributed by atoms with van der Waals surface area (Å²) in [6, 6.07) is 5.75. The van der Waals surface area contributed by atoms with E-state index in [2.05, 4.69) is 15.0 Å². The van der Waals surface area contributed by atoms with Crippen LogP contribution in [0.2, 0.25) is 5.28 Å². The molecule has 0 saturated heterocycles. The van der Waals surface area contributed by atoms with Gasteiger partial charge in [-0.05, 0) is 36.7 Å². The number of nitrogens with one attached hydrogen (secondary N) is 1. The summed E-state index contributed by atoms with van der Waals surface area (Å²) in [5.74, 6) is 0. The SMILES string of the molecule is Cc1cc(-c2ccc[nH]2)nc(Cl)n1. The summed E-state index contributed by atoms with van der Waals surface area (Å²) < 4.78 is 0. The van der Waals surface area contributed by atoms with Crippen molar-refractivity contribution >= 4 is 11.6 Å². The van der Waals surface area contributed by atoms with Gasteiger partial charge in [0.2, 0.25) is 5.28 Å². The maximum atomic E-state index is 5.73. The van der Waals surface area contributed by atoms with Crippen molar-refractivity contribution in [3.8, 4) is 11.4 Å². The van der Waals surface area contributed by atoms with Crippen molar-refractivity contribution in [2.75, 3.05) is 0 Å². The van der Waals surface area contributed by atoms with Gasteiger partial charge in [0.25, 0.3) is 0 Å². The number of nitrogens with zero attached hydrogens (tertiary/aromatic N) is 2. The minimum absolute atomic E-state index is 0.282. The number of aromatic amines is 1. The Morgan fingerprint density at radius 2 is 2.23 bits per heavy atom. The van der Waals surface area contributed by atoms with Gasteiger partial charge in [0, 0.05) is 11.9 Å². The van der Waals surface area contributed by atoms with Crippen LogP contribution in [0.15, 0.2) is 24.4 Å². The van der Waals surface area contributed by atoms with E-state index in [0.29, 0.717) is 0 Å². The quantitative estimate of drug-likeness (QED) is 0.707. The van der Waals surface area contributed by atoms with Gasteiger partial charge in [-0.15, -0.1) is 0 Å². The first-order valence-corrected chi connectivity index (χ1v) is 4.28. The summed E-state index contributed by atoms with van der Waals surface area (Å²) in [4.78, 5) is 11.1. The lowest BCUT2D eigenvalue weighted by Crippen LogP contribution is -1.90. The molecule has 0 radical (unpaired) electrons. The van der Waals surface area contributed by atoms with Crippen LogP contribution in [-0.2, 0) is 0 Å². The molecule has 0 bridgehead atoms. The van der Waals surface area contributed by atoms with Crippen LogP contribution in [0, 0.1) is 6.92 Å². The monoisotopic (exact) mass is 193 g/mol. The molecule has 4 heteroatoms. The predicted molar refractivity (Wildman–Crippen MR) is 51.6 cm³/mol. The minimum atomic E-state index is 0.282. The summed E-state index contributed by atoms with van der Waals surface area (Å²) in [5.41, 5.74) is 2.64. The van der Waals surface area contributed by atoms with Crippen LogP contribution in [0.25, 0.3) is 11.4 Å². The van der Waals surface area contributed by atoms with E-state index in [0.717, 1.165) is 17.1 Å². The number of hydrogen-bond donors (Lipinski definition) is 1. The zero-order valence-corrected chi connectivity index (χ0v) is 7.84. The van der Waals surface area contributed by atoms with E-state index in [1.165, 1.54) is 0 Å². The molecule has 2 rings (SSSR count). The number of aromatic nitrogens is 3. The molecule has 66 valence electrons. The highest BCUT2D eigenvalue weighted by Crippen LogP contribution is 2.16. The van der Waals surface area contributed by atoms with Crippen molar-refractivity contribution < 1.29 is 0 Å². The van der Waals surface area contributed by atoms with Crippen molar-refractivity contribution in [2.24, 2.45) is 0 Å². The molecule has 2 aromatic rings. The molecule has 2 heterocycles. The van der Waals surface area contributed by atoms with Crippen LogP contribution >= 0.6 is 11.6 Å². The van der Waals surface area contributed by atoms with Gasteiger partial charge in [0.15, 0.2) is 0 Å². The highest BCUT2D eigenvalue weighted by molar-refractivity contribution is 6.28. The Balaban J connectivity index is 2.53. The van der Waals surface area contributed by atoms with E-state index in [4.69, 9.17) is 11.6 Å². The van der Waals surface area contributed by atoms with Crippen LogP contribution in [0.4, 0.5) is 0 Å². The zero-order valence-electron chi connectivity index (χ0n) is 7.08. The molecule has 0 aliphatic heterocycles. The van der Waals surface area contributed by atoms with E-state index in [9.17, 15) is 0 Å². The normalized spacial score (nSPS) is 10.3. The number of H-pyrrole nitrogens is 1. The van der Waals surface area contributed by atoms with Crippen molar-refractivity contribution in [2.45, 2.75) is 6.92 Å². The largest absolute Gasteiger partial charge is 0.360 e. The number of aryl methyl sites for hydroxylation is 1. The molecule has 0 aliphatic rings. The van der Waals surface area contributed by atoms with E-state index in [1.807, 2.05) is 31.3 Å². The van der Waals surface area contributed by atoms with Gasteiger partial charge in [0.05, 0.1) is 11.4 Å². The molecule has 0 amide bonds. The fourth-order valence-corrected chi connectivity index (χ4v) is 1.38. The van der Waals surface area contributed by atoms with Crippen LogP contribution in [0.5, 0.6) is 0 Å². The highest BCUT2D eigenvalue weighted by atomic mass is 35.5. The minimum Gasteiger partial charge on any atom is -0.360 e. The fraction of sp³-hybridized carbons (Fsp3) is 0.111. The molecule has 3 nitrogen and oxygen atoms in total. The summed E-state index contributed by atoms with van der Waals surface area (Å²) in [6.45, 7) is 1.89. The van der Waals surface area contributed by atoms with Crippen molar-refractivity contribution in [3.05, 3.63) is 35.4 Å². The molecule has 13 heavy (non-hydrogen) atoms. The maximum absolute atomic E-state index is 5.73. The average molecular weight is 194 g/mol. The van der Waals surface area contributed by atoms with E-state index >= 15 is 0 Å². The van der Waals surface area contributed by atoms with E-state index in [1.54, 1.807) is 0 Å². The first kappa shape index (κ1) is 8.26. The second-order valence-corrected chi connectivity index (χ2v) is 3.09. The predicted octanol–water partition coefficient (Wildman–Crippen LogP) is 2.43. The van der Waals surface area contributed by atoms with Gasteiger partial charge < -0.3 is 4.98 Å². The Kier molecular flexibility index (Phi) is 2.02. The molecule has 0 atom stereocenters. The summed E-state index contributed by atoms with van der Waals surface area (Å²) in [7, 11) is 0. The third-order valence-electron chi connectivity index (χ3n) is 1.70. The second-order valence-electron chi connectivity index (χ2n) is 2.75. The zero-order chi connectivity index (χ0) is 9.26. The third kappa shape index (κ3) is 1.70. The molecule has 0 aliphatic carbocycles. The van der Waals surface area contributed by atoms with Gasteiger partial charge >= 0.3 is 0 Å². The van der Waals surface area contributed by atoms with Gasteiger partial charge in [-0.2, -0.15) is 0 Å². The lowest BCUT2D eigenvalue weighted by Gasteiger charge is -1.99. The second kappa shape index (κ2) is 3.18. The van der Waals surface area contributed by atoms with Crippen LogP contribution in [-0.4, -0.2) is 15.0 Å². The maximum Gasteiger partial charge on any atom is 0.223 e. The number of hydrogen-bond acceptors (Lipinski definition) is 2. The smallest absolute Gasteiger partial charge is 0.223 e. The number of rotatable bonds is 1. The van der Waals surface area contributed by atoms with Crippen molar-refractivity contribution in [1.29, 1.82) is 0 Å². The first-order chi connectivity index (χ1) is 6.25. The Bertz CT molecular complexity index is 389. The summed E-state index contributed by atoms with van der Waals surface area (Å²) in [5, 5.41) is 0.282. The molecular weight excluding hydrogens is 186 g/mol. The van der Waals surface area contributed by atoms with Crippen molar-refractivity contribution in [1.82, 2.24) is 15.0 Å². The van der Waals surface area contributed by atoms with Gasteiger partial charge in [-0.3, -0.25) is 0 Å². The standard InChI is InChI=1S/C9H8ClN3/c1-6-5-8(13-9(10)12-6)7-3-2-4-11-7/h2-5,11H,1H3. The third-order valence-corrected chi connectivity index (χ3v) is 1.87. The highest BCUT2D eigenvalue weighted by Gasteiger charge is 2.02. The molecular formula is C9H8ClN3. The van der Waals surface area contributed by atoms with Crippen LogP contribution in [0.3, 0.4) is 0 Å². The van der Waals surface area contributed by atoms with Crippen LogP contribution in [0.1, 0.15) is 5.69 Å². The fourth-order valence-electron chi connectivity index (χ4n) is 1.16. The number of halogens is 1. The van der Waals surface area contributed by atoms with Crippen LogP contribution < -0.4 is 0 Å². The molecule has 0 spiro atoms. The van der Waals surface area contributed by atoms with E-state index < -0.39 is 0 Å². The topological polar surface area (TPSA) is 41.6 Å². The lowest BCUT2D eigenvalue weighted by molar-refractivity contribution is 1.10. The molecule has 0 fully saturated rings. The molecule has 0 unspecified atom stereocenters. The Morgan fingerprint density at radius 3 is 2.85 bits per heavy atom. The Hall–Kier alpha value is -1.35. The Morgan fingerprint density at radius 1 is 1.38 bits per heavy atom. The molecule has 2 aromatic heterocycles. The molecule has 0 aromatic carbocycles. The first-order valence-electron chi connectivity index (χ1n) is 3.90. The Labute approximate surface area is 80.8 Å². The summed E-state index contributed by atoms with van der Waals surface area (Å²) >= 11 is 5.73. The van der Waals surface area contributed by atoms with Crippen molar-refractivity contribution in [3.63, 3.8) is 0 Å². The van der Waals surface area contributed by atoms with Gasteiger partial charge in [0.1, 0.15) is 0 Å². The lowest BCUT2D eigenvalue weighted by atomic mass is 10.3. The summed E-state index contributed by atoms with van der Waals surface area (Å²) in [6.07, 6.45) is 1.85. The molecule has 1 N–H and O–H groups in total. The van der Waals surface area contributed by atoms with E-state index in [-0.39, 0.29) is 5.28 Å². The van der Waals surface area contributed by atoms with Gasteiger partial charge in [-0.25, -0.2) is 9.97 Å². The molecule has 0 saturated carbocycles. The van der Waals surface area contributed by atoms with Gasteiger partial charge in [-0.1, -0.05) is 0 Å². The average Bonchev–Trinajstić information content (AvgIpc) is 2.53.